The summed E-state index contributed by atoms with van der Waals surface area (Å²) in [6.45, 7) is 4.32. The number of carbonyl (C=O) groups is 2. The minimum absolute atomic E-state index is 0.172. The maximum Gasteiger partial charge on any atom is 0.264 e. The monoisotopic (exact) mass is 306 g/mol. The Morgan fingerprint density at radius 3 is 2.90 bits per heavy atom. The second-order valence-corrected chi connectivity index (χ2v) is 6.62. The Morgan fingerprint density at radius 1 is 1.43 bits per heavy atom. The molecule has 0 bridgehead atoms. The molecule has 0 spiro atoms. The molecular formula is C15H15FN2O2S. The standard InChI is InChI=1S/C15H15FN2O2S/c1-15(2)14(20)17-6-7-18(15)13(19)12-8-9-10(16)4-3-5-11(9)21-12/h3-5,8H,6-7H2,1-2H3,(H,17,20). The van der Waals surface area contributed by atoms with Crippen LogP contribution in [0.3, 0.4) is 0 Å². The third-order valence-electron chi connectivity index (χ3n) is 3.82. The van der Waals surface area contributed by atoms with Crippen LogP contribution >= 0.6 is 11.3 Å². The quantitative estimate of drug-likeness (QED) is 0.879. The molecule has 1 aliphatic rings. The number of halogens is 1. The third-order valence-corrected chi connectivity index (χ3v) is 4.90. The number of nitrogens with zero attached hydrogens (tertiary/aromatic N) is 1. The summed E-state index contributed by atoms with van der Waals surface area (Å²) in [4.78, 5) is 26.6. The summed E-state index contributed by atoms with van der Waals surface area (Å²) in [7, 11) is 0. The molecule has 2 aromatic rings. The van der Waals surface area contributed by atoms with Gasteiger partial charge in [0.25, 0.3) is 5.91 Å². The fourth-order valence-corrected chi connectivity index (χ4v) is 3.54. The summed E-state index contributed by atoms with van der Waals surface area (Å²) in [5.74, 6) is -0.733. The molecule has 1 fully saturated rings. The molecule has 0 unspecified atom stereocenters. The zero-order valence-electron chi connectivity index (χ0n) is 11.8. The highest BCUT2D eigenvalue weighted by atomic mass is 32.1. The summed E-state index contributed by atoms with van der Waals surface area (Å²) in [6, 6.07) is 6.36. The summed E-state index contributed by atoms with van der Waals surface area (Å²) >= 11 is 1.25. The lowest BCUT2D eigenvalue weighted by atomic mass is 9.98. The van der Waals surface area contributed by atoms with Crippen LogP contribution in [0.4, 0.5) is 4.39 Å². The van der Waals surface area contributed by atoms with Gasteiger partial charge in [0.05, 0.1) is 4.88 Å². The van der Waals surface area contributed by atoms with Crippen molar-refractivity contribution in [3.63, 3.8) is 0 Å². The van der Waals surface area contributed by atoms with E-state index in [1.807, 2.05) is 0 Å². The van der Waals surface area contributed by atoms with Gasteiger partial charge >= 0.3 is 0 Å². The lowest BCUT2D eigenvalue weighted by Gasteiger charge is -2.40. The molecule has 1 aromatic carbocycles. The molecule has 0 atom stereocenters. The first kappa shape index (κ1) is 14.0. The molecule has 3 rings (SSSR count). The molecule has 0 saturated carbocycles. The largest absolute Gasteiger partial charge is 0.352 e. The zero-order chi connectivity index (χ0) is 15.2. The average Bonchev–Trinajstić information content (AvgIpc) is 2.87. The third kappa shape index (κ3) is 2.19. The van der Waals surface area contributed by atoms with Gasteiger partial charge in [-0.25, -0.2) is 4.39 Å². The first-order valence-electron chi connectivity index (χ1n) is 6.69. The van der Waals surface area contributed by atoms with Gasteiger partial charge in [-0.3, -0.25) is 9.59 Å². The van der Waals surface area contributed by atoms with E-state index in [9.17, 15) is 14.0 Å². The highest BCUT2D eigenvalue weighted by Crippen LogP contribution is 2.30. The van der Waals surface area contributed by atoms with E-state index in [1.165, 1.54) is 17.4 Å². The zero-order valence-corrected chi connectivity index (χ0v) is 12.6. The van der Waals surface area contributed by atoms with Crippen molar-refractivity contribution in [1.29, 1.82) is 0 Å². The average molecular weight is 306 g/mol. The summed E-state index contributed by atoms with van der Waals surface area (Å²) in [5.41, 5.74) is -0.899. The van der Waals surface area contributed by atoms with E-state index in [2.05, 4.69) is 5.32 Å². The highest BCUT2D eigenvalue weighted by Gasteiger charge is 2.41. The van der Waals surface area contributed by atoms with Crippen LogP contribution < -0.4 is 5.32 Å². The summed E-state index contributed by atoms with van der Waals surface area (Å²) < 4.78 is 14.5. The SMILES string of the molecule is CC1(C)C(=O)NCCN1C(=O)c1cc2c(F)cccc2s1. The number of carbonyl (C=O) groups excluding carboxylic acids is 2. The van der Waals surface area contributed by atoms with Gasteiger partial charge in [0.2, 0.25) is 5.91 Å². The number of hydrogen-bond acceptors (Lipinski definition) is 3. The summed E-state index contributed by atoms with van der Waals surface area (Å²) in [5, 5.41) is 3.20. The van der Waals surface area contributed by atoms with Crippen LogP contribution in [0.5, 0.6) is 0 Å². The molecule has 0 aliphatic carbocycles. The Balaban J connectivity index is 2.00. The lowest BCUT2D eigenvalue weighted by Crippen LogP contribution is -2.63. The molecule has 1 N–H and O–H groups in total. The minimum atomic E-state index is -0.899. The van der Waals surface area contributed by atoms with Crippen LogP contribution in [-0.4, -0.2) is 35.3 Å². The molecule has 110 valence electrons. The smallest absolute Gasteiger partial charge is 0.264 e. The predicted molar refractivity (Wildman–Crippen MR) is 79.9 cm³/mol. The molecule has 6 heteroatoms. The van der Waals surface area contributed by atoms with Crippen LogP contribution in [0.25, 0.3) is 10.1 Å². The highest BCUT2D eigenvalue weighted by molar-refractivity contribution is 7.20. The molecular weight excluding hydrogens is 291 g/mol. The van der Waals surface area contributed by atoms with Gasteiger partial charge in [0.15, 0.2) is 0 Å². The van der Waals surface area contributed by atoms with Crippen LogP contribution in [-0.2, 0) is 4.79 Å². The first-order chi connectivity index (χ1) is 9.91. The van der Waals surface area contributed by atoms with Gasteiger partial charge in [-0.2, -0.15) is 0 Å². The Bertz CT molecular complexity index is 738. The Hall–Kier alpha value is -1.95. The van der Waals surface area contributed by atoms with Crippen molar-refractivity contribution in [3.8, 4) is 0 Å². The number of fused-ring (bicyclic) bond motifs is 1. The van der Waals surface area contributed by atoms with Crippen molar-refractivity contribution in [2.24, 2.45) is 0 Å². The van der Waals surface area contributed by atoms with Crippen molar-refractivity contribution in [1.82, 2.24) is 10.2 Å². The Kier molecular flexibility index (Phi) is 3.20. The van der Waals surface area contributed by atoms with Crippen LogP contribution in [0.2, 0.25) is 0 Å². The molecule has 2 amide bonds. The van der Waals surface area contributed by atoms with E-state index in [-0.39, 0.29) is 17.6 Å². The van der Waals surface area contributed by atoms with E-state index in [4.69, 9.17) is 0 Å². The second kappa shape index (κ2) is 4.80. The van der Waals surface area contributed by atoms with Gasteiger partial charge < -0.3 is 10.2 Å². The number of amides is 2. The van der Waals surface area contributed by atoms with Crippen molar-refractivity contribution in [3.05, 3.63) is 35.0 Å². The van der Waals surface area contributed by atoms with Crippen LogP contribution in [0.1, 0.15) is 23.5 Å². The first-order valence-corrected chi connectivity index (χ1v) is 7.51. The van der Waals surface area contributed by atoms with Crippen LogP contribution in [0, 0.1) is 5.82 Å². The molecule has 0 radical (unpaired) electrons. The maximum atomic E-state index is 13.7. The Morgan fingerprint density at radius 2 is 2.19 bits per heavy atom. The van der Waals surface area contributed by atoms with Crippen molar-refractivity contribution >= 4 is 33.2 Å². The number of thiophene rings is 1. The molecule has 1 saturated heterocycles. The van der Waals surface area contributed by atoms with E-state index in [0.29, 0.717) is 23.4 Å². The van der Waals surface area contributed by atoms with Crippen molar-refractivity contribution in [2.45, 2.75) is 19.4 Å². The molecule has 1 aromatic heterocycles. The van der Waals surface area contributed by atoms with E-state index < -0.39 is 5.54 Å². The predicted octanol–water partition coefficient (Wildman–Crippen LogP) is 2.39. The lowest BCUT2D eigenvalue weighted by molar-refractivity contribution is -0.133. The number of rotatable bonds is 1. The Labute approximate surface area is 125 Å². The van der Waals surface area contributed by atoms with Gasteiger partial charge in [-0.15, -0.1) is 11.3 Å². The molecule has 21 heavy (non-hydrogen) atoms. The number of benzene rings is 1. The van der Waals surface area contributed by atoms with Crippen LogP contribution in [0.15, 0.2) is 24.3 Å². The number of nitrogens with one attached hydrogen (secondary N) is 1. The van der Waals surface area contributed by atoms with Gasteiger partial charge in [-0.1, -0.05) is 6.07 Å². The van der Waals surface area contributed by atoms with E-state index >= 15 is 0 Å². The maximum absolute atomic E-state index is 13.7. The van der Waals surface area contributed by atoms with Crippen molar-refractivity contribution in [2.75, 3.05) is 13.1 Å². The minimum Gasteiger partial charge on any atom is -0.352 e. The molecule has 1 aliphatic heterocycles. The van der Waals surface area contributed by atoms with E-state index in [1.54, 1.807) is 36.9 Å². The van der Waals surface area contributed by atoms with Gasteiger partial charge in [-0.05, 0) is 32.0 Å². The number of piperazine rings is 1. The normalized spacial score (nSPS) is 17.9. The summed E-state index contributed by atoms with van der Waals surface area (Å²) in [6.07, 6.45) is 0. The molecule has 2 heterocycles. The molecule has 4 nitrogen and oxygen atoms in total. The van der Waals surface area contributed by atoms with E-state index in [0.717, 1.165) is 4.70 Å². The van der Waals surface area contributed by atoms with Gasteiger partial charge in [0, 0.05) is 23.2 Å². The van der Waals surface area contributed by atoms with Crippen molar-refractivity contribution < 1.29 is 14.0 Å². The fraction of sp³-hybridized carbons (Fsp3) is 0.333. The second-order valence-electron chi connectivity index (χ2n) is 5.53. The van der Waals surface area contributed by atoms with Gasteiger partial charge in [0.1, 0.15) is 11.4 Å². The topological polar surface area (TPSA) is 49.4 Å². The number of hydrogen-bond donors (Lipinski definition) is 1. The fourth-order valence-electron chi connectivity index (χ4n) is 2.52.